The van der Waals surface area contributed by atoms with Crippen LogP contribution in [0, 0.1) is 0 Å². The van der Waals surface area contributed by atoms with Gasteiger partial charge in [-0.1, -0.05) is 55.1 Å². The van der Waals surface area contributed by atoms with E-state index in [4.69, 9.17) is 21.3 Å². The SMILES string of the molecule is O=C1CC[C@H](N2Cc3c(ccc4c3OCC43CCN(CCC(=O)N4CCC(N5CCC(c6ccc7c(c6)-n6c(nc(=O)c8c(Cl)cccc86)C76CCCCC6)CC5)CC4)CC3)C2=O)C(=O)N1. The van der Waals surface area contributed by atoms with Gasteiger partial charge in [-0.3, -0.25) is 33.9 Å². The van der Waals surface area contributed by atoms with Crippen molar-refractivity contribution in [2.45, 2.75) is 125 Å². The molecule has 1 saturated carbocycles. The highest BCUT2D eigenvalue weighted by Crippen LogP contribution is 2.53. The normalized spacial score (nSPS) is 24.1. The Bertz CT molecular complexity index is 2740. The molecule has 4 saturated heterocycles. The number of likely N-dealkylation sites (tertiary alicyclic amines) is 3. The molecule has 2 spiro atoms. The van der Waals surface area contributed by atoms with E-state index in [9.17, 15) is 24.0 Å². The zero-order chi connectivity index (χ0) is 44.9. The average molecular weight is 913 g/mol. The lowest BCUT2D eigenvalue weighted by Gasteiger charge is -2.42. The Hall–Kier alpha value is -5.11. The first-order chi connectivity index (χ1) is 32.1. The average Bonchev–Trinajstić information content (AvgIpc) is 3.96. The zero-order valence-corrected chi connectivity index (χ0v) is 38.4. The van der Waals surface area contributed by atoms with Crippen molar-refractivity contribution >= 4 is 46.1 Å². The molecule has 8 aliphatic rings. The lowest BCUT2D eigenvalue weighted by molar-refractivity contribution is -0.137. The molecule has 0 radical (unpaired) electrons. The number of carbonyl (C=O) groups excluding carboxylic acids is 4. The first-order valence-corrected chi connectivity index (χ1v) is 25.0. The number of carbonyl (C=O) groups is 4. The molecule has 12 rings (SSSR count). The van der Waals surface area contributed by atoms with Crippen molar-refractivity contribution < 1.29 is 23.9 Å². The molecule has 1 aromatic heterocycles. The largest absolute Gasteiger partial charge is 0.492 e. The van der Waals surface area contributed by atoms with Crippen LogP contribution in [0.5, 0.6) is 5.75 Å². The van der Waals surface area contributed by atoms with Gasteiger partial charge in [0.05, 0.1) is 40.2 Å². The van der Waals surface area contributed by atoms with E-state index in [1.807, 2.05) is 18.2 Å². The van der Waals surface area contributed by atoms with Gasteiger partial charge in [0.1, 0.15) is 17.6 Å². The summed E-state index contributed by atoms with van der Waals surface area (Å²) >= 11 is 6.63. The molecule has 5 fully saturated rings. The van der Waals surface area contributed by atoms with E-state index >= 15 is 0 Å². The van der Waals surface area contributed by atoms with Crippen LogP contribution < -0.4 is 15.6 Å². The topological polar surface area (TPSA) is 137 Å². The van der Waals surface area contributed by atoms with Gasteiger partial charge in [0, 0.05) is 60.6 Å². The molecular weight excluding hydrogens is 854 g/mol. The molecule has 1 atom stereocenters. The minimum absolute atomic E-state index is 0.122. The molecule has 0 bridgehead atoms. The summed E-state index contributed by atoms with van der Waals surface area (Å²) in [5.74, 6) is 1.53. The molecule has 4 amide bonds. The Morgan fingerprint density at radius 3 is 2.39 bits per heavy atom. The van der Waals surface area contributed by atoms with Crippen LogP contribution in [0.25, 0.3) is 16.6 Å². The van der Waals surface area contributed by atoms with E-state index in [1.165, 1.54) is 23.2 Å². The third kappa shape index (κ3) is 6.76. The van der Waals surface area contributed by atoms with E-state index in [0.29, 0.717) is 53.9 Å². The van der Waals surface area contributed by atoms with E-state index in [1.54, 1.807) is 11.0 Å². The molecule has 1 N–H and O–H groups in total. The number of hydrogen-bond donors (Lipinski definition) is 1. The monoisotopic (exact) mass is 911 g/mol. The van der Waals surface area contributed by atoms with Gasteiger partial charge in [0.25, 0.3) is 11.5 Å². The number of piperidine rings is 4. The number of nitrogens with zero attached hydrogens (tertiary/aromatic N) is 6. The summed E-state index contributed by atoms with van der Waals surface area (Å²) in [7, 11) is 0. The third-order valence-electron chi connectivity index (χ3n) is 17.3. The fourth-order valence-corrected chi connectivity index (χ4v) is 13.8. The van der Waals surface area contributed by atoms with E-state index < -0.39 is 11.9 Å². The van der Waals surface area contributed by atoms with Gasteiger partial charge in [-0.05, 0) is 125 Å². The molecule has 13 nitrogen and oxygen atoms in total. The number of rotatable bonds is 6. The predicted octanol–water partition coefficient (Wildman–Crippen LogP) is 6.35. The number of ether oxygens (including phenoxy) is 1. The Balaban J connectivity index is 0.631. The Labute approximate surface area is 389 Å². The predicted molar refractivity (Wildman–Crippen MR) is 249 cm³/mol. The number of amides is 4. The van der Waals surface area contributed by atoms with Crippen LogP contribution in [-0.4, -0.2) is 117 Å². The number of aromatic nitrogens is 2. The van der Waals surface area contributed by atoms with Crippen molar-refractivity contribution in [3.8, 4) is 11.4 Å². The van der Waals surface area contributed by atoms with Gasteiger partial charge in [-0.2, -0.15) is 4.98 Å². The highest BCUT2D eigenvalue weighted by molar-refractivity contribution is 6.35. The second-order valence-corrected chi connectivity index (χ2v) is 21.0. The van der Waals surface area contributed by atoms with Crippen molar-refractivity contribution in [1.29, 1.82) is 0 Å². The zero-order valence-electron chi connectivity index (χ0n) is 37.6. The molecule has 8 heterocycles. The van der Waals surface area contributed by atoms with Crippen LogP contribution in [0.2, 0.25) is 5.02 Å². The summed E-state index contributed by atoms with van der Waals surface area (Å²) in [4.78, 5) is 78.3. The van der Waals surface area contributed by atoms with Gasteiger partial charge < -0.3 is 24.3 Å². The molecule has 0 unspecified atom stereocenters. The molecule has 7 aliphatic heterocycles. The van der Waals surface area contributed by atoms with E-state index in [0.717, 1.165) is 138 Å². The maximum Gasteiger partial charge on any atom is 0.282 e. The van der Waals surface area contributed by atoms with Gasteiger partial charge >= 0.3 is 0 Å². The molecule has 66 heavy (non-hydrogen) atoms. The number of imide groups is 1. The van der Waals surface area contributed by atoms with Crippen molar-refractivity contribution in [2.75, 3.05) is 52.4 Å². The number of benzene rings is 3. The highest BCUT2D eigenvalue weighted by atomic mass is 35.5. The second kappa shape index (κ2) is 16.3. The first-order valence-electron chi connectivity index (χ1n) is 24.7. The summed E-state index contributed by atoms with van der Waals surface area (Å²) in [5, 5.41) is 3.35. The Morgan fingerprint density at radius 1 is 0.848 bits per heavy atom. The number of halogens is 1. The summed E-state index contributed by atoms with van der Waals surface area (Å²) < 4.78 is 8.65. The van der Waals surface area contributed by atoms with Crippen LogP contribution in [0.15, 0.2) is 53.3 Å². The summed E-state index contributed by atoms with van der Waals surface area (Å²) in [5.41, 5.74) is 6.74. The summed E-state index contributed by atoms with van der Waals surface area (Å²) in [6, 6.07) is 16.7. The lowest BCUT2D eigenvalue weighted by Crippen LogP contribution is -2.52. The van der Waals surface area contributed by atoms with Crippen molar-refractivity contribution in [2.24, 2.45) is 0 Å². The first kappa shape index (κ1) is 42.3. The molecule has 4 aromatic rings. The molecule has 3 aromatic carbocycles. The smallest absolute Gasteiger partial charge is 0.282 e. The Morgan fingerprint density at radius 2 is 1.62 bits per heavy atom. The maximum absolute atomic E-state index is 13.6. The molecule has 1 aliphatic carbocycles. The lowest BCUT2D eigenvalue weighted by atomic mass is 9.69. The van der Waals surface area contributed by atoms with Crippen LogP contribution >= 0.6 is 11.6 Å². The number of nitrogens with one attached hydrogen (secondary N) is 1. The van der Waals surface area contributed by atoms with E-state index in [2.05, 4.69) is 48.8 Å². The highest BCUT2D eigenvalue weighted by Gasteiger charge is 2.49. The third-order valence-corrected chi connectivity index (χ3v) is 17.6. The van der Waals surface area contributed by atoms with Crippen molar-refractivity contribution in [3.63, 3.8) is 0 Å². The second-order valence-electron chi connectivity index (χ2n) is 20.6. The van der Waals surface area contributed by atoms with Gasteiger partial charge in [0.15, 0.2) is 0 Å². The van der Waals surface area contributed by atoms with Crippen LogP contribution in [0.4, 0.5) is 0 Å². The van der Waals surface area contributed by atoms with Gasteiger partial charge in [0.2, 0.25) is 17.7 Å². The van der Waals surface area contributed by atoms with Crippen molar-refractivity contribution in [1.82, 2.24) is 34.5 Å². The quantitative estimate of drug-likeness (QED) is 0.220. The minimum Gasteiger partial charge on any atom is -0.492 e. The maximum atomic E-state index is 13.6. The minimum atomic E-state index is -0.649. The summed E-state index contributed by atoms with van der Waals surface area (Å²) in [6.07, 6.45) is 12.7. The number of fused-ring (bicyclic) bond motifs is 11. The number of hydrogen-bond acceptors (Lipinski definition) is 9. The molecule has 344 valence electrons. The van der Waals surface area contributed by atoms with Crippen LogP contribution in [0.1, 0.15) is 134 Å². The van der Waals surface area contributed by atoms with Gasteiger partial charge in [-0.25, -0.2) is 0 Å². The van der Waals surface area contributed by atoms with Gasteiger partial charge in [-0.15, -0.1) is 0 Å². The van der Waals surface area contributed by atoms with E-state index in [-0.39, 0.29) is 40.5 Å². The standard InChI is InChI=1S/C52H58ClN7O6/c53-39-5-4-6-40-45(39)48(64)55-50-52(18-2-1-3-19-52)37-9-7-33(29-42(37)60(40)50)32-13-23-57(24-14-32)34-15-25-58(26-16-34)44(62)17-22-56-27-20-51(21-28-56)31-66-46-36-30-59(41-11-12-43(61)54-47(41)63)49(65)35(36)8-10-38(46)51/h4-10,29,32,34,41H,1-3,11-28,30-31H2,(H,54,61,63)/t41-/m0/s1. The van der Waals surface area contributed by atoms with Crippen molar-refractivity contribution in [3.05, 3.63) is 97.5 Å². The summed E-state index contributed by atoms with van der Waals surface area (Å²) in [6.45, 7) is 7.15. The fourth-order valence-electron chi connectivity index (χ4n) is 13.5. The van der Waals surface area contributed by atoms with Crippen LogP contribution in [0.3, 0.4) is 0 Å². The Kier molecular flexibility index (Phi) is 10.4. The fraction of sp³-hybridized carbons (Fsp3) is 0.538. The molecular formula is C52H58ClN7O6. The molecule has 14 heteroatoms. The van der Waals surface area contributed by atoms with Crippen LogP contribution in [-0.2, 0) is 31.8 Å².